The molecule has 0 aliphatic heterocycles. The summed E-state index contributed by atoms with van der Waals surface area (Å²) in [5.41, 5.74) is -0.826. The third kappa shape index (κ3) is 3.33. The summed E-state index contributed by atoms with van der Waals surface area (Å²) >= 11 is 5.98. The number of carbonyl (C=O) groups excluding carboxylic acids is 1. The molecule has 3 heteroatoms. The third-order valence-electron chi connectivity index (χ3n) is 2.00. The zero-order valence-corrected chi connectivity index (χ0v) is 10.5. The van der Waals surface area contributed by atoms with Gasteiger partial charge in [0, 0.05) is 17.2 Å². The molecule has 0 heterocycles. The molecule has 0 N–H and O–H groups in total. The first kappa shape index (κ1) is 13.5. The zero-order valence-electron chi connectivity index (χ0n) is 9.72. The molecule has 0 aliphatic carbocycles. The number of carbonyl (C=O) groups is 1. The molecule has 0 spiro atoms. The summed E-state index contributed by atoms with van der Waals surface area (Å²) < 4.78 is 1.27. The van der Waals surface area contributed by atoms with Crippen molar-refractivity contribution in [1.82, 2.24) is 4.42 Å². The number of amides is 1. The molecule has 0 unspecified atom stereocenters. The Morgan fingerprint density at radius 3 is 2.07 bits per heavy atom. The average molecular weight is 218 g/mol. The summed E-state index contributed by atoms with van der Waals surface area (Å²) in [6.45, 7) is 13.1. The minimum Gasteiger partial charge on any atom is -0.273 e. The average Bonchev–Trinajstić information content (AvgIpc) is 2.00. The van der Waals surface area contributed by atoms with E-state index in [9.17, 15) is 4.79 Å². The zero-order chi connectivity index (χ0) is 11.6. The molecule has 0 radical (unpaired) electrons. The molecule has 0 saturated carbocycles. The van der Waals surface area contributed by atoms with Crippen molar-refractivity contribution in [3.63, 3.8) is 0 Å². The normalized spacial score (nSPS) is 12.4. The summed E-state index contributed by atoms with van der Waals surface area (Å²) in [5.74, 6) is -0.0634. The van der Waals surface area contributed by atoms with Gasteiger partial charge in [0.05, 0.1) is 5.54 Å². The van der Waals surface area contributed by atoms with Gasteiger partial charge in [0.15, 0.2) is 0 Å². The second kappa shape index (κ2) is 4.35. The van der Waals surface area contributed by atoms with Gasteiger partial charge in [-0.1, -0.05) is 19.9 Å². The fraction of sp³-hybridized carbons (Fsp3) is 0.727. The Morgan fingerprint density at radius 1 is 1.36 bits per heavy atom. The molecule has 0 rings (SSSR count). The maximum absolute atomic E-state index is 11.9. The van der Waals surface area contributed by atoms with Crippen LogP contribution in [-0.2, 0) is 4.79 Å². The summed E-state index contributed by atoms with van der Waals surface area (Å²) in [4.78, 5) is 11.9. The van der Waals surface area contributed by atoms with Crippen molar-refractivity contribution in [2.24, 2.45) is 5.41 Å². The topological polar surface area (TPSA) is 20.3 Å². The summed E-state index contributed by atoms with van der Waals surface area (Å²) in [6, 6.07) is 0. The molecule has 0 aromatic carbocycles. The van der Waals surface area contributed by atoms with Crippen molar-refractivity contribution in [3.05, 3.63) is 12.7 Å². The van der Waals surface area contributed by atoms with E-state index in [4.69, 9.17) is 11.8 Å². The monoisotopic (exact) mass is 217 g/mol. The van der Waals surface area contributed by atoms with Crippen LogP contribution in [0, 0.1) is 5.41 Å². The molecule has 14 heavy (non-hydrogen) atoms. The van der Waals surface area contributed by atoms with E-state index in [1.807, 2.05) is 34.6 Å². The van der Waals surface area contributed by atoms with Gasteiger partial charge in [-0.05, 0) is 27.2 Å². The van der Waals surface area contributed by atoms with Crippen LogP contribution < -0.4 is 0 Å². The van der Waals surface area contributed by atoms with Crippen LogP contribution in [-0.4, -0.2) is 15.9 Å². The third-order valence-corrected chi connectivity index (χ3v) is 2.66. The Bertz CT molecular complexity index is 228. The first-order valence-corrected chi connectivity index (χ1v) is 5.08. The molecule has 2 nitrogen and oxygen atoms in total. The Morgan fingerprint density at radius 2 is 1.79 bits per heavy atom. The van der Waals surface area contributed by atoms with Crippen molar-refractivity contribution in [3.8, 4) is 0 Å². The van der Waals surface area contributed by atoms with Crippen molar-refractivity contribution < 1.29 is 4.79 Å². The Balaban J connectivity index is 4.70. The fourth-order valence-electron chi connectivity index (χ4n) is 1.02. The van der Waals surface area contributed by atoms with Gasteiger partial charge in [0.25, 0.3) is 0 Å². The molecule has 0 aromatic heterocycles. The highest BCUT2D eigenvalue weighted by molar-refractivity contribution is 6.22. The van der Waals surface area contributed by atoms with Crippen molar-refractivity contribution >= 4 is 17.7 Å². The largest absolute Gasteiger partial charge is 0.273 e. The lowest BCUT2D eigenvalue weighted by molar-refractivity contribution is -0.138. The van der Waals surface area contributed by atoms with Gasteiger partial charge < -0.3 is 0 Å². The van der Waals surface area contributed by atoms with Gasteiger partial charge in [-0.2, -0.15) is 0 Å². The number of halogens is 1. The molecule has 0 bridgehead atoms. The van der Waals surface area contributed by atoms with Gasteiger partial charge in [-0.15, -0.1) is 6.58 Å². The number of rotatable bonds is 3. The number of nitrogens with zero attached hydrogens (tertiary/aromatic N) is 1. The molecular weight excluding hydrogens is 198 g/mol. The van der Waals surface area contributed by atoms with Crippen LogP contribution >= 0.6 is 11.8 Å². The summed E-state index contributed by atoms with van der Waals surface area (Å²) in [5, 5.41) is 0. The maximum atomic E-state index is 11.9. The molecule has 1 amide bonds. The van der Waals surface area contributed by atoms with E-state index in [0.717, 1.165) is 0 Å². The molecule has 0 saturated heterocycles. The maximum Gasteiger partial charge on any atom is 0.243 e. The molecule has 0 fully saturated rings. The standard InChI is InChI=1S/C11H20ClNO/c1-7-8-11(5,6)9(14)13(12)10(2,3)4/h7H,1,8H2,2-6H3. The Hall–Kier alpha value is -0.500. The van der Waals surface area contributed by atoms with E-state index in [0.29, 0.717) is 6.42 Å². The number of allylic oxidation sites excluding steroid dienone is 1. The number of hydrogen-bond donors (Lipinski definition) is 0. The van der Waals surface area contributed by atoms with E-state index in [1.165, 1.54) is 4.42 Å². The van der Waals surface area contributed by atoms with Crippen LogP contribution in [0.1, 0.15) is 41.0 Å². The van der Waals surface area contributed by atoms with Crippen LogP contribution in [0.25, 0.3) is 0 Å². The van der Waals surface area contributed by atoms with Crippen molar-refractivity contribution in [2.75, 3.05) is 0 Å². The lowest BCUT2D eigenvalue weighted by Gasteiger charge is -2.34. The Kier molecular flexibility index (Phi) is 4.19. The summed E-state index contributed by atoms with van der Waals surface area (Å²) in [6.07, 6.45) is 2.37. The van der Waals surface area contributed by atoms with Crippen LogP contribution in [0.5, 0.6) is 0 Å². The highest BCUT2D eigenvalue weighted by Crippen LogP contribution is 2.29. The minimum atomic E-state index is -0.475. The molecule has 82 valence electrons. The van der Waals surface area contributed by atoms with E-state index >= 15 is 0 Å². The molecular formula is C11H20ClNO. The second-order valence-corrected chi connectivity index (χ2v) is 5.47. The second-order valence-electron chi connectivity index (χ2n) is 5.13. The van der Waals surface area contributed by atoms with E-state index in [2.05, 4.69) is 6.58 Å². The molecule has 0 atom stereocenters. The first-order chi connectivity index (χ1) is 6.13. The highest BCUT2D eigenvalue weighted by atomic mass is 35.5. The molecule has 0 aromatic rings. The van der Waals surface area contributed by atoms with E-state index in [1.54, 1.807) is 6.08 Å². The van der Waals surface area contributed by atoms with Crippen molar-refractivity contribution in [2.45, 2.75) is 46.6 Å². The van der Waals surface area contributed by atoms with Crippen molar-refractivity contribution in [1.29, 1.82) is 0 Å². The smallest absolute Gasteiger partial charge is 0.243 e. The quantitative estimate of drug-likeness (QED) is 0.524. The van der Waals surface area contributed by atoms with Gasteiger partial charge in [-0.3, -0.25) is 4.79 Å². The number of hydrogen-bond acceptors (Lipinski definition) is 1. The van der Waals surface area contributed by atoms with Gasteiger partial charge in [0.2, 0.25) is 5.91 Å². The molecule has 0 aliphatic rings. The summed E-state index contributed by atoms with van der Waals surface area (Å²) in [7, 11) is 0. The SMILES string of the molecule is C=CCC(C)(C)C(=O)N(Cl)C(C)(C)C. The van der Waals surface area contributed by atoms with Gasteiger partial charge >= 0.3 is 0 Å². The van der Waals surface area contributed by atoms with Crippen LogP contribution in [0.2, 0.25) is 0 Å². The highest BCUT2D eigenvalue weighted by Gasteiger charge is 2.35. The lowest BCUT2D eigenvalue weighted by atomic mass is 9.87. The first-order valence-electron chi connectivity index (χ1n) is 4.74. The van der Waals surface area contributed by atoms with E-state index < -0.39 is 5.41 Å². The van der Waals surface area contributed by atoms with Gasteiger partial charge in [-0.25, -0.2) is 4.42 Å². The fourth-order valence-corrected chi connectivity index (χ4v) is 1.25. The minimum absolute atomic E-state index is 0.0634. The van der Waals surface area contributed by atoms with Crippen LogP contribution in [0.4, 0.5) is 0 Å². The Labute approximate surface area is 92.0 Å². The predicted octanol–water partition coefficient (Wildman–Crippen LogP) is 3.37. The van der Waals surface area contributed by atoms with Gasteiger partial charge in [0.1, 0.15) is 0 Å². The van der Waals surface area contributed by atoms with Crippen LogP contribution in [0.15, 0.2) is 12.7 Å². The predicted molar refractivity (Wildman–Crippen MR) is 61.0 cm³/mol. The van der Waals surface area contributed by atoms with Crippen LogP contribution in [0.3, 0.4) is 0 Å². The lowest BCUT2D eigenvalue weighted by Crippen LogP contribution is -2.45. The van der Waals surface area contributed by atoms with E-state index in [-0.39, 0.29) is 11.4 Å².